The number of aliphatic imine (C=N–C) groups is 1. The molecule has 0 radical (unpaired) electrons. The van der Waals surface area contributed by atoms with E-state index >= 15 is 0 Å². The van der Waals surface area contributed by atoms with Crippen molar-refractivity contribution in [1.29, 1.82) is 0 Å². The van der Waals surface area contributed by atoms with Crippen LogP contribution >= 0.6 is 11.3 Å². The molecule has 1 aromatic rings. The Bertz CT molecular complexity index is 623. The Morgan fingerprint density at radius 2 is 2.00 bits per heavy atom. The number of nitrogens with one attached hydrogen (secondary N) is 2. The molecular weight excluding hydrogens is 398 g/mol. The molecule has 7 nitrogen and oxygen atoms in total. The molecular formula is C22H39N5O2S. The summed E-state index contributed by atoms with van der Waals surface area (Å²) in [5, 5.41) is 19.8. The van der Waals surface area contributed by atoms with E-state index < -0.39 is 5.60 Å². The van der Waals surface area contributed by atoms with Gasteiger partial charge < -0.3 is 20.5 Å². The topological polar surface area (TPSA) is 72.4 Å². The van der Waals surface area contributed by atoms with Crippen LogP contribution in [0.4, 0.5) is 0 Å². The average Bonchev–Trinajstić information content (AvgIpc) is 3.25. The van der Waals surface area contributed by atoms with Crippen LogP contribution in [0.5, 0.6) is 0 Å². The molecule has 30 heavy (non-hydrogen) atoms. The number of hydrogen-bond donors (Lipinski definition) is 3. The van der Waals surface area contributed by atoms with Gasteiger partial charge in [-0.3, -0.25) is 14.8 Å². The Labute approximate surface area is 185 Å². The molecule has 2 saturated heterocycles. The quantitative estimate of drug-likeness (QED) is 0.403. The van der Waals surface area contributed by atoms with Crippen molar-refractivity contribution in [2.75, 3.05) is 65.6 Å². The predicted molar refractivity (Wildman–Crippen MR) is 124 cm³/mol. The first-order chi connectivity index (χ1) is 14.5. The highest BCUT2D eigenvalue weighted by atomic mass is 32.1. The Kier molecular flexibility index (Phi) is 9.39. The van der Waals surface area contributed by atoms with Gasteiger partial charge >= 0.3 is 0 Å². The third-order valence-corrected chi connectivity index (χ3v) is 6.68. The van der Waals surface area contributed by atoms with Gasteiger partial charge in [-0.05, 0) is 57.1 Å². The van der Waals surface area contributed by atoms with Gasteiger partial charge in [0.15, 0.2) is 5.96 Å². The lowest BCUT2D eigenvalue weighted by atomic mass is 9.97. The van der Waals surface area contributed by atoms with Crippen LogP contribution in [-0.2, 0) is 11.3 Å². The number of ether oxygens (including phenoxy) is 1. The minimum absolute atomic E-state index is 0.388. The second kappa shape index (κ2) is 12.0. The highest BCUT2D eigenvalue weighted by Crippen LogP contribution is 2.20. The molecule has 0 spiro atoms. The summed E-state index contributed by atoms with van der Waals surface area (Å²) in [5.41, 5.74) is -0.840. The first-order valence-electron chi connectivity index (χ1n) is 11.3. The highest BCUT2D eigenvalue weighted by molar-refractivity contribution is 7.09. The van der Waals surface area contributed by atoms with Gasteiger partial charge in [0.05, 0.1) is 25.4 Å². The molecule has 2 aliphatic rings. The summed E-state index contributed by atoms with van der Waals surface area (Å²) in [7, 11) is 0. The molecule has 1 aromatic heterocycles. The Morgan fingerprint density at radius 1 is 1.23 bits per heavy atom. The minimum Gasteiger partial charge on any atom is -0.387 e. The minimum atomic E-state index is -0.840. The summed E-state index contributed by atoms with van der Waals surface area (Å²) in [6, 6.07) is 4.36. The van der Waals surface area contributed by atoms with E-state index in [1.54, 1.807) is 0 Å². The van der Waals surface area contributed by atoms with Gasteiger partial charge in [0.1, 0.15) is 0 Å². The molecule has 0 aliphatic carbocycles. The average molecular weight is 438 g/mol. The lowest BCUT2D eigenvalue weighted by Crippen LogP contribution is -2.48. The smallest absolute Gasteiger partial charge is 0.191 e. The first-order valence-corrected chi connectivity index (χ1v) is 12.2. The number of hydrogen-bond acceptors (Lipinski definition) is 6. The molecule has 1 unspecified atom stereocenters. The maximum atomic E-state index is 10.8. The van der Waals surface area contributed by atoms with Crippen molar-refractivity contribution in [3.63, 3.8) is 0 Å². The zero-order chi connectivity index (χ0) is 21.2. The molecule has 3 heterocycles. The third-order valence-electron chi connectivity index (χ3n) is 5.81. The second-order valence-electron chi connectivity index (χ2n) is 8.76. The summed E-state index contributed by atoms with van der Waals surface area (Å²) in [5.74, 6) is 1.48. The summed E-state index contributed by atoms with van der Waals surface area (Å²) >= 11 is 1.85. The predicted octanol–water partition coefficient (Wildman–Crippen LogP) is 1.60. The molecule has 1 atom stereocenters. The van der Waals surface area contributed by atoms with Crippen molar-refractivity contribution in [2.45, 2.75) is 38.8 Å². The van der Waals surface area contributed by atoms with Crippen LogP contribution < -0.4 is 10.6 Å². The van der Waals surface area contributed by atoms with Gasteiger partial charge in [-0.15, -0.1) is 11.3 Å². The van der Waals surface area contributed by atoms with Crippen molar-refractivity contribution >= 4 is 17.3 Å². The van der Waals surface area contributed by atoms with Gasteiger partial charge in [0.25, 0.3) is 0 Å². The highest BCUT2D eigenvalue weighted by Gasteiger charge is 2.25. The van der Waals surface area contributed by atoms with Gasteiger partial charge in [-0.1, -0.05) is 6.07 Å². The first kappa shape index (κ1) is 23.5. The van der Waals surface area contributed by atoms with E-state index in [1.807, 2.05) is 18.3 Å². The molecule has 0 amide bonds. The normalized spacial score (nSPS) is 22.0. The fraction of sp³-hybridized carbons (Fsp3) is 0.773. The van der Waals surface area contributed by atoms with E-state index in [2.05, 4.69) is 49.9 Å². The maximum Gasteiger partial charge on any atom is 0.191 e. The molecule has 0 aromatic carbocycles. The molecule has 2 fully saturated rings. The van der Waals surface area contributed by atoms with Crippen molar-refractivity contribution in [3.05, 3.63) is 22.4 Å². The number of likely N-dealkylation sites (tertiary alicyclic amines) is 1. The van der Waals surface area contributed by atoms with Crippen molar-refractivity contribution in [1.82, 2.24) is 20.4 Å². The molecule has 2 aliphatic heterocycles. The van der Waals surface area contributed by atoms with Gasteiger partial charge in [-0.2, -0.15) is 0 Å². The summed E-state index contributed by atoms with van der Waals surface area (Å²) in [6.07, 6.45) is 2.43. The molecule has 3 rings (SSSR count). The summed E-state index contributed by atoms with van der Waals surface area (Å²) in [4.78, 5) is 10.9. The lowest BCUT2D eigenvalue weighted by molar-refractivity contribution is -0.0180. The van der Waals surface area contributed by atoms with Gasteiger partial charge in [0, 0.05) is 44.1 Å². The second-order valence-corrected chi connectivity index (χ2v) is 9.79. The number of guanidine groups is 1. The molecule has 0 saturated carbocycles. The Morgan fingerprint density at radius 3 is 2.67 bits per heavy atom. The van der Waals surface area contributed by atoms with Crippen LogP contribution in [0, 0.1) is 5.92 Å². The van der Waals surface area contributed by atoms with E-state index in [9.17, 15) is 5.11 Å². The number of nitrogens with zero attached hydrogens (tertiary/aromatic N) is 3. The Hall–Kier alpha value is -1.19. The van der Waals surface area contributed by atoms with Gasteiger partial charge in [-0.25, -0.2) is 0 Å². The lowest BCUT2D eigenvalue weighted by Gasteiger charge is -2.33. The zero-order valence-corrected chi connectivity index (χ0v) is 19.4. The number of rotatable bonds is 9. The monoisotopic (exact) mass is 437 g/mol. The van der Waals surface area contributed by atoms with Crippen LogP contribution in [0.2, 0.25) is 0 Å². The summed E-state index contributed by atoms with van der Waals surface area (Å²) in [6.45, 7) is 13.4. The third kappa shape index (κ3) is 8.15. The molecule has 0 bridgehead atoms. The van der Waals surface area contributed by atoms with Gasteiger partial charge in [0.2, 0.25) is 0 Å². The molecule has 170 valence electrons. The van der Waals surface area contributed by atoms with Crippen LogP contribution in [0.25, 0.3) is 0 Å². The van der Waals surface area contributed by atoms with Crippen LogP contribution in [0.15, 0.2) is 22.5 Å². The maximum absolute atomic E-state index is 10.8. The number of piperidine rings is 1. The largest absolute Gasteiger partial charge is 0.387 e. The van der Waals surface area contributed by atoms with E-state index in [0.29, 0.717) is 19.0 Å². The number of β-amino-alcohol motifs (C(OH)–C–C–N with tert-alkyl or cyclic N) is 1. The van der Waals surface area contributed by atoms with E-state index in [-0.39, 0.29) is 0 Å². The standard InChI is InChI=1S/C22H39N5O2S/c1-3-23-21(25-17-22(2,28)18-27-10-12-29-13-11-27)24-15-19-6-8-26(9-7-19)16-20-5-4-14-30-20/h4-5,14,19,28H,3,6-13,15-18H2,1-2H3,(H2,23,24,25). The SMILES string of the molecule is CCNC(=NCC(C)(O)CN1CCOCC1)NCC1CCN(Cc2cccs2)CC1. The van der Waals surface area contributed by atoms with E-state index in [1.165, 1.54) is 17.7 Å². The number of aliphatic hydroxyl groups is 1. The number of morpholine rings is 1. The Balaban J connectivity index is 1.40. The fourth-order valence-electron chi connectivity index (χ4n) is 4.09. The van der Waals surface area contributed by atoms with Crippen LogP contribution in [0.3, 0.4) is 0 Å². The van der Waals surface area contributed by atoms with Crippen LogP contribution in [-0.4, -0.2) is 92.0 Å². The van der Waals surface area contributed by atoms with Crippen LogP contribution in [0.1, 0.15) is 31.6 Å². The number of thiophene rings is 1. The fourth-order valence-corrected chi connectivity index (χ4v) is 4.84. The molecule has 8 heteroatoms. The molecule has 3 N–H and O–H groups in total. The zero-order valence-electron chi connectivity index (χ0n) is 18.6. The van der Waals surface area contributed by atoms with Crippen molar-refractivity contribution in [3.8, 4) is 0 Å². The van der Waals surface area contributed by atoms with E-state index in [0.717, 1.165) is 65.0 Å². The van der Waals surface area contributed by atoms with Crippen molar-refractivity contribution < 1.29 is 9.84 Å². The van der Waals surface area contributed by atoms with E-state index in [4.69, 9.17) is 4.74 Å². The summed E-state index contributed by atoms with van der Waals surface area (Å²) < 4.78 is 5.39. The van der Waals surface area contributed by atoms with Crippen molar-refractivity contribution in [2.24, 2.45) is 10.9 Å².